The lowest BCUT2D eigenvalue weighted by Crippen LogP contribution is -2.46. The quantitative estimate of drug-likeness (QED) is 0.864. The summed E-state index contributed by atoms with van der Waals surface area (Å²) >= 11 is 1.18. The van der Waals surface area contributed by atoms with Gasteiger partial charge in [0.25, 0.3) is 0 Å². The molecule has 0 saturated carbocycles. The van der Waals surface area contributed by atoms with Crippen molar-refractivity contribution in [1.29, 1.82) is 0 Å². The lowest BCUT2D eigenvalue weighted by Gasteiger charge is -2.32. The molecule has 134 valence electrons. The van der Waals surface area contributed by atoms with Gasteiger partial charge in [-0.3, -0.25) is 4.79 Å². The van der Waals surface area contributed by atoms with Crippen LogP contribution in [-0.4, -0.2) is 38.4 Å². The number of benzene rings is 1. The van der Waals surface area contributed by atoms with Crippen LogP contribution in [0.15, 0.2) is 46.0 Å². The molecule has 2 heterocycles. The SMILES string of the molecule is O=C(Cc1ccccc1F)N1CCC(NS(=O)(=O)c2cccs2)CC1. The lowest BCUT2D eigenvalue weighted by atomic mass is 10.0. The Hall–Kier alpha value is -1.77. The van der Waals surface area contributed by atoms with E-state index >= 15 is 0 Å². The number of nitrogens with one attached hydrogen (secondary N) is 1. The molecule has 0 unspecified atom stereocenters. The monoisotopic (exact) mass is 382 g/mol. The highest BCUT2D eigenvalue weighted by molar-refractivity contribution is 7.91. The summed E-state index contributed by atoms with van der Waals surface area (Å²) in [4.78, 5) is 14.0. The van der Waals surface area contributed by atoms with Crippen LogP contribution in [-0.2, 0) is 21.2 Å². The molecule has 0 atom stereocenters. The van der Waals surface area contributed by atoms with Crippen molar-refractivity contribution in [2.45, 2.75) is 29.5 Å². The smallest absolute Gasteiger partial charge is 0.250 e. The molecule has 0 bridgehead atoms. The summed E-state index contributed by atoms with van der Waals surface area (Å²) in [6.07, 6.45) is 1.12. The molecule has 5 nitrogen and oxygen atoms in total. The summed E-state index contributed by atoms with van der Waals surface area (Å²) in [6, 6.07) is 9.32. The van der Waals surface area contributed by atoms with Crippen LogP contribution in [0.4, 0.5) is 4.39 Å². The first kappa shape index (κ1) is 18.0. The fraction of sp³-hybridized carbons (Fsp3) is 0.353. The Morgan fingerprint density at radius 2 is 1.92 bits per heavy atom. The van der Waals surface area contributed by atoms with E-state index in [1.165, 1.54) is 17.4 Å². The van der Waals surface area contributed by atoms with E-state index in [9.17, 15) is 17.6 Å². The summed E-state index contributed by atoms with van der Waals surface area (Å²) in [5.74, 6) is -0.515. The van der Waals surface area contributed by atoms with Gasteiger partial charge >= 0.3 is 0 Å². The van der Waals surface area contributed by atoms with Crippen LogP contribution in [0.2, 0.25) is 0 Å². The number of piperidine rings is 1. The number of nitrogens with zero attached hydrogens (tertiary/aromatic N) is 1. The molecule has 1 fully saturated rings. The molecule has 1 amide bonds. The zero-order valence-electron chi connectivity index (χ0n) is 13.5. The highest BCUT2D eigenvalue weighted by Gasteiger charge is 2.27. The maximum atomic E-state index is 13.7. The maximum Gasteiger partial charge on any atom is 0.250 e. The van der Waals surface area contributed by atoms with Crippen LogP contribution in [0.5, 0.6) is 0 Å². The molecule has 2 aromatic rings. The summed E-state index contributed by atoms with van der Waals surface area (Å²) in [7, 11) is -3.49. The molecule has 3 rings (SSSR count). The first-order valence-corrected chi connectivity index (χ1v) is 10.4. The highest BCUT2D eigenvalue weighted by Crippen LogP contribution is 2.19. The number of sulfonamides is 1. The van der Waals surface area contributed by atoms with Gasteiger partial charge in [0.05, 0.1) is 6.42 Å². The van der Waals surface area contributed by atoms with Gasteiger partial charge in [-0.15, -0.1) is 11.3 Å². The Kier molecular flexibility index (Phi) is 5.51. The predicted molar refractivity (Wildman–Crippen MR) is 94.3 cm³/mol. The van der Waals surface area contributed by atoms with E-state index in [0.717, 1.165) is 0 Å². The Labute approximate surface area is 150 Å². The number of hydrogen-bond acceptors (Lipinski definition) is 4. The fourth-order valence-corrected chi connectivity index (χ4v) is 5.17. The normalized spacial score (nSPS) is 16.1. The Balaban J connectivity index is 1.53. The second-order valence-corrected chi connectivity index (χ2v) is 8.87. The summed E-state index contributed by atoms with van der Waals surface area (Å²) in [5.41, 5.74) is 0.382. The molecule has 1 aliphatic heterocycles. The van der Waals surface area contributed by atoms with Crippen molar-refractivity contribution in [2.24, 2.45) is 0 Å². The van der Waals surface area contributed by atoms with Crippen molar-refractivity contribution >= 4 is 27.3 Å². The van der Waals surface area contributed by atoms with Crippen molar-refractivity contribution in [3.63, 3.8) is 0 Å². The third-order valence-electron chi connectivity index (χ3n) is 4.23. The predicted octanol–water partition coefficient (Wildman–Crippen LogP) is 2.40. The summed E-state index contributed by atoms with van der Waals surface area (Å²) in [5, 5.41) is 1.72. The van der Waals surface area contributed by atoms with Crippen LogP contribution < -0.4 is 4.72 Å². The van der Waals surface area contributed by atoms with Crippen molar-refractivity contribution in [1.82, 2.24) is 9.62 Å². The molecular formula is C17H19FN2O3S2. The molecular weight excluding hydrogens is 363 g/mol. The van der Waals surface area contributed by atoms with Crippen LogP contribution in [0.1, 0.15) is 18.4 Å². The summed E-state index contributed by atoms with van der Waals surface area (Å²) in [6.45, 7) is 0.926. The fourth-order valence-electron chi connectivity index (χ4n) is 2.86. The molecule has 1 saturated heterocycles. The first-order chi connectivity index (χ1) is 12.0. The van der Waals surface area contributed by atoms with Gasteiger partial charge in [0, 0.05) is 19.1 Å². The van der Waals surface area contributed by atoms with Gasteiger partial charge in [0.1, 0.15) is 10.0 Å². The average Bonchev–Trinajstić information content (AvgIpc) is 3.13. The molecule has 0 aliphatic carbocycles. The molecule has 1 aliphatic rings. The summed E-state index contributed by atoms with van der Waals surface area (Å²) < 4.78 is 41.1. The minimum atomic E-state index is -3.49. The van der Waals surface area contributed by atoms with Gasteiger partial charge in [0.2, 0.25) is 15.9 Å². The highest BCUT2D eigenvalue weighted by atomic mass is 32.2. The van der Waals surface area contributed by atoms with Crippen molar-refractivity contribution in [2.75, 3.05) is 13.1 Å². The third kappa shape index (κ3) is 4.45. The Morgan fingerprint density at radius 3 is 2.56 bits per heavy atom. The largest absolute Gasteiger partial charge is 0.342 e. The van der Waals surface area contributed by atoms with Crippen molar-refractivity contribution in [3.05, 3.63) is 53.2 Å². The number of hydrogen-bond donors (Lipinski definition) is 1. The standard InChI is InChI=1S/C17H19FN2O3S2/c18-15-5-2-1-4-13(15)12-16(21)20-9-7-14(8-10-20)19-25(22,23)17-6-3-11-24-17/h1-6,11,14,19H,7-10,12H2. The second kappa shape index (κ2) is 7.63. The minimum Gasteiger partial charge on any atom is -0.342 e. The Morgan fingerprint density at radius 1 is 1.20 bits per heavy atom. The number of thiophene rings is 1. The van der Waals surface area contributed by atoms with Gasteiger partial charge in [-0.25, -0.2) is 17.5 Å². The number of carbonyl (C=O) groups is 1. The molecule has 1 N–H and O–H groups in total. The Bertz CT molecular complexity index is 829. The van der Waals surface area contributed by atoms with E-state index in [4.69, 9.17) is 0 Å². The van der Waals surface area contributed by atoms with Gasteiger partial charge in [-0.05, 0) is 35.9 Å². The van der Waals surface area contributed by atoms with E-state index in [-0.39, 0.29) is 24.2 Å². The van der Waals surface area contributed by atoms with Crippen LogP contribution in [0.25, 0.3) is 0 Å². The first-order valence-electron chi connectivity index (χ1n) is 8.03. The van der Waals surface area contributed by atoms with E-state index < -0.39 is 10.0 Å². The number of rotatable bonds is 5. The van der Waals surface area contributed by atoms with E-state index in [1.807, 2.05) is 0 Å². The van der Waals surface area contributed by atoms with Gasteiger partial charge in [-0.2, -0.15) is 0 Å². The topological polar surface area (TPSA) is 66.5 Å². The minimum absolute atomic E-state index is 0.0261. The van der Waals surface area contributed by atoms with Crippen LogP contribution >= 0.6 is 11.3 Å². The third-order valence-corrected chi connectivity index (χ3v) is 7.15. The van der Waals surface area contributed by atoms with Crippen LogP contribution in [0, 0.1) is 5.82 Å². The number of carbonyl (C=O) groups excluding carboxylic acids is 1. The molecule has 0 spiro atoms. The van der Waals surface area contributed by atoms with E-state index in [1.54, 1.807) is 40.6 Å². The zero-order valence-corrected chi connectivity index (χ0v) is 15.2. The van der Waals surface area contributed by atoms with Gasteiger partial charge in [-0.1, -0.05) is 24.3 Å². The maximum absolute atomic E-state index is 13.7. The molecule has 25 heavy (non-hydrogen) atoms. The molecule has 1 aromatic carbocycles. The van der Waals surface area contributed by atoms with E-state index in [2.05, 4.69) is 4.72 Å². The van der Waals surface area contributed by atoms with Gasteiger partial charge < -0.3 is 4.90 Å². The number of amides is 1. The number of likely N-dealkylation sites (tertiary alicyclic amines) is 1. The lowest BCUT2D eigenvalue weighted by molar-refractivity contribution is -0.131. The molecule has 1 aromatic heterocycles. The molecule has 8 heteroatoms. The molecule has 0 radical (unpaired) electrons. The zero-order chi connectivity index (χ0) is 17.9. The second-order valence-electron chi connectivity index (χ2n) is 5.98. The van der Waals surface area contributed by atoms with E-state index in [0.29, 0.717) is 35.7 Å². The average molecular weight is 382 g/mol. The van der Waals surface area contributed by atoms with Crippen LogP contribution in [0.3, 0.4) is 0 Å². The van der Waals surface area contributed by atoms with Gasteiger partial charge in [0.15, 0.2) is 0 Å². The number of halogens is 1. The van der Waals surface area contributed by atoms with Crippen molar-refractivity contribution in [3.8, 4) is 0 Å². The van der Waals surface area contributed by atoms with Crippen molar-refractivity contribution < 1.29 is 17.6 Å².